The molecule has 1 amide bonds. The summed E-state index contributed by atoms with van der Waals surface area (Å²) in [4.78, 5) is 16.5. The Labute approximate surface area is 141 Å². The third-order valence-electron chi connectivity index (χ3n) is 4.69. The van der Waals surface area contributed by atoms with Gasteiger partial charge in [-0.25, -0.2) is 4.98 Å². The second-order valence-corrected chi connectivity index (χ2v) is 6.69. The van der Waals surface area contributed by atoms with E-state index in [0.29, 0.717) is 24.0 Å². The van der Waals surface area contributed by atoms with E-state index in [1.54, 1.807) is 6.20 Å². The first kappa shape index (κ1) is 15.2. The van der Waals surface area contributed by atoms with Gasteiger partial charge in [-0.05, 0) is 56.2 Å². The average molecular weight is 326 g/mol. The van der Waals surface area contributed by atoms with Gasteiger partial charge in [0.2, 0.25) is 5.88 Å². The van der Waals surface area contributed by atoms with E-state index in [4.69, 9.17) is 4.74 Å². The van der Waals surface area contributed by atoms with Crippen LogP contribution in [0.5, 0.6) is 5.88 Å². The largest absolute Gasteiger partial charge is 0.474 e. The molecule has 0 aromatic carbocycles. The van der Waals surface area contributed by atoms with Crippen LogP contribution in [-0.2, 0) is 6.54 Å². The smallest absolute Gasteiger partial charge is 0.272 e. The highest BCUT2D eigenvalue weighted by Crippen LogP contribution is 2.38. The molecule has 2 heterocycles. The van der Waals surface area contributed by atoms with Gasteiger partial charge >= 0.3 is 0 Å². The SMILES string of the molecule is O=C(NCc1ccnc(OC2CCCC2)c1)c1cc(C2CC2)[nH]n1. The highest BCUT2D eigenvalue weighted by molar-refractivity contribution is 5.92. The van der Waals surface area contributed by atoms with E-state index in [-0.39, 0.29) is 12.0 Å². The number of aromatic nitrogens is 3. The molecule has 24 heavy (non-hydrogen) atoms. The van der Waals surface area contributed by atoms with Crippen LogP contribution in [0.3, 0.4) is 0 Å². The van der Waals surface area contributed by atoms with E-state index in [1.165, 1.54) is 25.7 Å². The molecule has 0 unspecified atom stereocenters. The van der Waals surface area contributed by atoms with Crippen molar-refractivity contribution in [2.24, 2.45) is 0 Å². The second kappa shape index (κ2) is 6.63. The maximum absolute atomic E-state index is 12.2. The van der Waals surface area contributed by atoms with Crippen molar-refractivity contribution in [3.05, 3.63) is 41.3 Å². The van der Waals surface area contributed by atoms with Crippen molar-refractivity contribution in [2.75, 3.05) is 0 Å². The van der Waals surface area contributed by atoms with Crippen LogP contribution in [-0.4, -0.2) is 27.2 Å². The van der Waals surface area contributed by atoms with Crippen molar-refractivity contribution in [1.82, 2.24) is 20.5 Å². The van der Waals surface area contributed by atoms with Crippen LogP contribution in [0.1, 0.15) is 66.2 Å². The van der Waals surface area contributed by atoms with E-state index < -0.39 is 0 Å². The summed E-state index contributed by atoms with van der Waals surface area (Å²) in [6.45, 7) is 0.438. The molecule has 0 atom stereocenters. The number of rotatable bonds is 6. The molecule has 6 heteroatoms. The molecule has 2 aromatic rings. The normalized spacial score (nSPS) is 17.8. The lowest BCUT2D eigenvalue weighted by molar-refractivity contribution is 0.0945. The Morgan fingerprint density at radius 3 is 2.88 bits per heavy atom. The zero-order valence-corrected chi connectivity index (χ0v) is 13.6. The third-order valence-corrected chi connectivity index (χ3v) is 4.69. The Morgan fingerprint density at radius 2 is 2.08 bits per heavy atom. The minimum absolute atomic E-state index is 0.159. The average Bonchev–Trinajstić information content (AvgIpc) is 3.10. The van der Waals surface area contributed by atoms with Crippen LogP contribution in [0.15, 0.2) is 24.4 Å². The first-order valence-electron chi connectivity index (χ1n) is 8.73. The minimum Gasteiger partial charge on any atom is -0.474 e. The van der Waals surface area contributed by atoms with Crippen LogP contribution < -0.4 is 10.1 Å². The molecule has 0 saturated heterocycles. The summed E-state index contributed by atoms with van der Waals surface area (Å²) in [5.74, 6) is 1.05. The summed E-state index contributed by atoms with van der Waals surface area (Å²) in [6.07, 6.45) is 9.04. The van der Waals surface area contributed by atoms with E-state index in [9.17, 15) is 4.79 Å². The van der Waals surface area contributed by atoms with E-state index in [0.717, 1.165) is 24.1 Å². The molecule has 2 aromatic heterocycles. The standard InChI is InChI=1S/C18H22N4O2/c23-18(16-10-15(21-22-16)13-5-6-13)20-11-12-7-8-19-17(9-12)24-14-3-1-2-4-14/h7-10,13-14H,1-6,11H2,(H,20,23)(H,21,22). The molecule has 2 fully saturated rings. The number of pyridine rings is 1. The Hall–Kier alpha value is -2.37. The lowest BCUT2D eigenvalue weighted by Crippen LogP contribution is -2.23. The second-order valence-electron chi connectivity index (χ2n) is 6.69. The molecule has 126 valence electrons. The zero-order chi connectivity index (χ0) is 16.4. The Morgan fingerprint density at radius 1 is 1.25 bits per heavy atom. The molecular formula is C18H22N4O2. The molecular weight excluding hydrogens is 304 g/mol. The number of carbonyl (C=O) groups excluding carboxylic acids is 1. The van der Waals surface area contributed by atoms with Crippen LogP contribution in [0.25, 0.3) is 0 Å². The number of carbonyl (C=O) groups is 1. The van der Waals surface area contributed by atoms with Crippen molar-refractivity contribution < 1.29 is 9.53 Å². The Kier molecular flexibility index (Phi) is 4.19. The summed E-state index contributed by atoms with van der Waals surface area (Å²) in [6, 6.07) is 5.65. The van der Waals surface area contributed by atoms with Crippen molar-refractivity contribution >= 4 is 5.91 Å². The van der Waals surface area contributed by atoms with Crippen molar-refractivity contribution in [1.29, 1.82) is 0 Å². The first-order valence-corrected chi connectivity index (χ1v) is 8.73. The monoisotopic (exact) mass is 326 g/mol. The van der Waals surface area contributed by atoms with Crippen molar-refractivity contribution in [3.63, 3.8) is 0 Å². The van der Waals surface area contributed by atoms with Gasteiger partial charge in [0, 0.05) is 30.4 Å². The minimum atomic E-state index is -0.159. The van der Waals surface area contributed by atoms with Gasteiger partial charge in [0.1, 0.15) is 11.8 Å². The predicted molar refractivity (Wildman–Crippen MR) is 88.9 cm³/mol. The van der Waals surface area contributed by atoms with Gasteiger partial charge in [0.25, 0.3) is 5.91 Å². The number of ether oxygens (including phenoxy) is 1. The number of aromatic amines is 1. The third kappa shape index (κ3) is 3.58. The lowest BCUT2D eigenvalue weighted by atomic mass is 10.2. The number of hydrogen-bond donors (Lipinski definition) is 2. The molecule has 2 aliphatic carbocycles. The van der Waals surface area contributed by atoms with Gasteiger partial charge in [-0.1, -0.05) is 0 Å². The Balaban J connectivity index is 1.33. The summed E-state index contributed by atoms with van der Waals surface area (Å²) in [5, 5.41) is 9.96. The molecule has 0 radical (unpaired) electrons. The lowest BCUT2D eigenvalue weighted by Gasteiger charge is -2.12. The molecule has 0 spiro atoms. The fraction of sp³-hybridized carbons (Fsp3) is 0.500. The van der Waals surface area contributed by atoms with Crippen molar-refractivity contribution in [2.45, 2.75) is 57.1 Å². The van der Waals surface area contributed by atoms with Gasteiger partial charge in [0.15, 0.2) is 0 Å². The fourth-order valence-corrected chi connectivity index (χ4v) is 3.13. The molecule has 2 N–H and O–H groups in total. The van der Waals surface area contributed by atoms with Crippen LogP contribution in [0.4, 0.5) is 0 Å². The highest BCUT2D eigenvalue weighted by atomic mass is 16.5. The zero-order valence-electron chi connectivity index (χ0n) is 13.6. The van der Waals surface area contributed by atoms with Crippen LogP contribution in [0.2, 0.25) is 0 Å². The van der Waals surface area contributed by atoms with E-state index >= 15 is 0 Å². The molecule has 6 nitrogen and oxygen atoms in total. The summed E-state index contributed by atoms with van der Waals surface area (Å²) in [7, 11) is 0. The Bertz CT molecular complexity index is 717. The number of nitrogens with one attached hydrogen (secondary N) is 2. The van der Waals surface area contributed by atoms with Gasteiger partial charge in [-0.2, -0.15) is 5.10 Å². The molecule has 2 aliphatic rings. The van der Waals surface area contributed by atoms with Crippen LogP contribution >= 0.6 is 0 Å². The van der Waals surface area contributed by atoms with E-state index in [2.05, 4.69) is 20.5 Å². The number of nitrogens with zero attached hydrogens (tertiary/aromatic N) is 2. The summed E-state index contributed by atoms with van der Waals surface area (Å²) in [5.41, 5.74) is 2.49. The maximum atomic E-state index is 12.2. The van der Waals surface area contributed by atoms with Gasteiger partial charge in [-0.15, -0.1) is 0 Å². The predicted octanol–water partition coefficient (Wildman–Crippen LogP) is 2.93. The van der Waals surface area contributed by atoms with E-state index in [1.807, 2.05) is 18.2 Å². The number of hydrogen-bond acceptors (Lipinski definition) is 4. The van der Waals surface area contributed by atoms with Gasteiger partial charge < -0.3 is 10.1 Å². The molecule has 0 aliphatic heterocycles. The first-order chi connectivity index (χ1) is 11.8. The van der Waals surface area contributed by atoms with Gasteiger partial charge in [-0.3, -0.25) is 9.89 Å². The summed E-state index contributed by atoms with van der Waals surface area (Å²) < 4.78 is 5.90. The quantitative estimate of drug-likeness (QED) is 0.855. The highest BCUT2D eigenvalue weighted by Gasteiger charge is 2.26. The summed E-state index contributed by atoms with van der Waals surface area (Å²) >= 11 is 0. The fourth-order valence-electron chi connectivity index (χ4n) is 3.13. The van der Waals surface area contributed by atoms with Crippen LogP contribution in [0, 0.1) is 0 Å². The van der Waals surface area contributed by atoms with Crippen molar-refractivity contribution in [3.8, 4) is 5.88 Å². The van der Waals surface area contributed by atoms with Gasteiger partial charge in [0.05, 0.1) is 0 Å². The molecule has 2 saturated carbocycles. The molecule has 4 rings (SSSR count). The number of amides is 1. The topological polar surface area (TPSA) is 79.9 Å². The maximum Gasteiger partial charge on any atom is 0.272 e. The molecule has 0 bridgehead atoms. The number of H-pyrrole nitrogens is 1.